The van der Waals surface area contributed by atoms with E-state index in [0.717, 1.165) is 12.1 Å². The van der Waals surface area contributed by atoms with E-state index in [1.54, 1.807) is 6.20 Å². The van der Waals surface area contributed by atoms with E-state index in [9.17, 15) is 14.4 Å². The Morgan fingerprint density at radius 2 is 2.17 bits per heavy atom. The summed E-state index contributed by atoms with van der Waals surface area (Å²) in [7, 11) is 0. The van der Waals surface area contributed by atoms with Gasteiger partial charge in [-0.25, -0.2) is 4.98 Å². The van der Waals surface area contributed by atoms with Gasteiger partial charge in [-0.15, -0.1) is 0 Å². The van der Waals surface area contributed by atoms with Gasteiger partial charge in [0.1, 0.15) is 0 Å². The first-order valence-corrected chi connectivity index (χ1v) is 7.65. The number of rotatable bonds is 11. The minimum Gasteiger partial charge on any atom is -0.481 e. The molecule has 8 heteroatoms. The number of esters is 1. The summed E-state index contributed by atoms with van der Waals surface area (Å²) in [6.07, 6.45) is 4.52. The molecule has 0 radical (unpaired) electrons. The summed E-state index contributed by atoms with van der Waals surface area (Å²) in [5, 5.41) is 11.1. The SMILES string of the molecule is CCCOC(=O)C(CCNC(=O)CCC(=O)O)Cc1cnc[nH]1. The Bertz CT molecular complexity index is 501. The summed E-state index contributed by atoms with van der Waals surface area (Å²) >= 11 is 0. The van der Waals surface area contributed by atoms with Crippen molar-refractivity contribution in [3.8, 4) is 0 Å². The molecule has 0 aliphatic carbocycles. The van der Waals surface area contributed by atoms with E-state index in [0.29, 0.717) is 26.0 Å². The zero-order valence-corrected chi connectivity index (χ0v) is 13.2. The lowest BCUT2D eigenvalue weighted by atomic mass is 10.00. The second-order valence-corrected chi connectivity index (χ2v) is 5.18. The molecule has 0 aliphatic rings. The molecule has 1 aromatic heterocycles. The second-order valence-electron chi connectivity index (χ2n) is 5.18. The fraction of sp³-hybridized carbons (Fsp3) is 0.600. The van der Waals surface area contributed by atoms with Crippen molar-refractivity contribution in [1.82, 2.24) is 15.3 Å². The fourth-order valence-corrected chi connectivity index (χ4v) is 1.98. The zero-order valence-electron chi connectivity index (χ0n) is 13.2. The summed E-state index contributed by atoms with van der Waals surface area (Å²) in [6, 6.07) is 0. The maximum Gasteiger partial charge on any atom is 0.309 e. The molecular formula is C15H23N3O5. The first-order chi connectivity index (χ1) is 11.0. The van der Waals surface area contributed by atoms with E-state index in [1.807, 2.05) is 6.92 Å². The van der Waals surface area contributed by atoms with Gasteiger partial charge in [0.15, 0.2) is 0 Å². The number of nitrogens with one attached hydrogen (secondary N) is 2. The number of carboxylic acid groups (broad SMARTS) is 1. The third-order valence-electron chi connectivity index (χ3n) is 3.18. The summed E-state index contributed by atoms with van der Waals surface area (Å²) in [4.78, 5) is 40.8. The van der Waals surface area contributed by atoms with Crippen LogP contribution in [0.3, 0.4) is 0 Å². The number of hydrogen-bond acceptors (Lipinski definition) is 5. The highest BCUT2D eigenvalue weighted by atomic mass is 16.5. The van der Waals surface area contributed by atoms with Gasteiger partial charge in [-0.3, -0.25) is 14.4 Å². The molecule has 8 nitrogen and oxygen atoms in total. The molecule has 1 atom stereocenters. The molecule has 0 spiro atoms. The average molecular weight is 325 g/mol. The number of aliphatic carboxylic acids is 1. The third-order valence-corrected chi connectivity index (χ3v) is 3.18. The first kappa shape index (κ1) is 18.7. The van der Waals surface area contributed by atoms with Crippen LogP contribution in [0.2, 0.25) is 0 Å². The summed E-state index contributed by atoms with van der Waals surface area (Å²) in [5.41, 5.74) is 0.820. The van der Waals surface area contributed by atoms with Crippen LogP contribution in [0.4, 0.5) is 0 Å². The van der Waals surface area contributed by atoms with Gasteiger partial charge in [-0.1, -0.05) is 6.92 Å². The summed E-state index contributed by atoms with van der Waals surface area (Å²) in [5.74, 6) is -2.04. The summed E-state index contributed by atoms with van der Waals surface area (Å²) < 4.78 is 5.17. The highest BCUT2D eigenvalue weighted by molar-refractivity contribution is 5.80. The van der Waals surface area contributed by atoms with Gasteiger partial charge in [-0.05, 0) is 12.8 Å². The van der Waals surface area contributed by atoms with Crippen molar-refractivity contribution >= 4 is 17.8 Å². The van der Waals surface area contributed by atoms with Crippen LogP contribution < -0.4 is 5.32 Å². The second kappa shape index (κ2) is 10.4. The van der Waals surface area contributed by atoms with Crippen LogP contribution in [0.5, 0.6) is 0 Å². The van der Waals surface area contributed by atoms with Gasteiger partial charge in [0.05, 0.1) is 25.3 Å². The van der Waals surface area contributed by atoms with E-state index >= 15 is 0 Å². The normalized spacial score (nSPS) is 11.7. The lowest BCUT2D eigenvalue weighted by molar-refractivity contribution is -0.149. The number of amides is 1. The van der Waals surface area contributed by atoms with Gasteiger partial charge in [0.2, 0.25) is 5.91 Å². The topological polar surface area (TPSA) is 121 Å². The first-order valence-electron chi connectivity index (χ1n) is 7.65. The van der Waals surface area contributed by atoms with Crippen molar-refractivity contribution in [2.45, 2.75) is 39.0 Å². The maximum atomic E-state index is 12.1. The molecule has 0 saturated heterocycles. The lowest BCUT2D eigenvalue weighted by Gasteiger charge is -2.15. The molecule has 23 heavy (non-hydrogen) atoms. The maximum absolute atomic E-state index is 12.1. The van der Waals surface area contributed by atoms with E-state index in [4.69, 9.17) is 9.84 Å². The highest BCUT2D eigenvalue weighted by Crippen LogP contribution is 2.12. The Balaban J connectivity index is 2.44. The van der Waals surface area contributed by atoms with E-state index in [-0.39, 0.29) is 30.6 Å². The number of carboxylic acids is 1. The number of H-pyrrole nitrogens is 1. The molecule has 128 valence electrons. The van der Waals surface area contributed by atoms with Gasteiger partial charge < -0.3 is 20.1 Å². The fourth-order valence-electron chi connectivity index (χ4n) is 1.98. The van der Waals surface area contributed by atoms with Crippen LogP contribution in [-0.4, -0.2) is 46.1 Å². The van der Waals surface area contributed by atoms with E-state index < -0.39 is 5.97 Å². The van der Waals surface area contributed by atoms with Gasteiger partial charge in [0.25, 0.3) is 0 Å². The molecule has 3 N–H and O–H groups in total. The molecule has 1 heterocycles. The monoisotopic (exact) mass is 325 g/mol. The molecule has 0 bridgehead atoms. The number of aromatic amines is 1. The molecule has 0 fully saturated rings. The number of carbonyl (C=O) groups is 3. The van der Waals surface area contributed by atoms with Crippen molar-refractivity contribution < 1.29 is 24.2 Å². The molecule has 0 aliphatic heterocycles. The zero-order chi connectivity index (χ0) is 17.1. The quantitative estimate of drug-likeness (QED) is 0.520. The Morgan fingerprint density at radius 3 is 2.78 bits per heavy atom. The predicted molar refractivity (Wildman–Crippen MR) is 81.5 cm³/mol. The van der Waals surface area contributed by atoms with E-state index in [2.05, 4.69) is 15.3 Å². The van der Waals surface area contributed by atoms with Crippen LogP contribution >= 0.6 is 0 Å². The van der Waals surface area contributed by atoms with Crippen LogP contribution in [0.1, 0.15) is 38.3 Å². The Morgan fingerprint density at radius 1 is 1.39 bits per heavy atom. The van der Waals surface area contributed by atoms with Crippen LogP contribution in [0, 0.1) is 5.92 Å². The van der Waals surface area contributed by atoms with Crippen molar-refractivity contribution in [2.24, 2.45) is 5.92 Å². The van der Waals surface area contributed by atoms with Gasteiger partial charge in [-0.2, -0.15) is 0 Å². The molecule has 0 saturated carbocycles. The average Bonchev–Trinajstić information content (AvgIpc) is 3.02. The number of ether oxygens (including phenoxy) is 1. The van der Waals surface area contributed by atoms with Crippen LogP contribution in [0.25, 0.3) is 0 Å². The molecule has 0 aromatic carbocycles. The number of nitrogens with zero attached hydrogens (tertiary/aromatic N) is 1. The number of carbonyl (C=O) groups excluding carboxylic acids is 2. The standard InChI is InChI=1S/C15H23N3O5/c1-2-7-23-15(22)11(8-12-9-16-10-18-12)5-6-17-13(19)3-4-14(20)21/h9-11H,2-8H2,1H3,(H,16,18)(H,17,19)(H,20,21). The summed E-state index contributed by atoms with van der Waals surface area (Å²) in [6.45, 7) is 2.57. The van der Waals surface area contributed by atoms with Crippen molar-refractivity contribution in [2.75, 3.05) is 13.2 Å². The third kappa shape index (κ3) is 7.98. The Labute approximate surface area is 134 Å². The predicted octanol–water partition coefficient (Wildman–Crippen LogP) is 0.893. The number of aromatic nitrogens is 2. The van der Waals surface area contributed by atoms with Crippen LogP contribution in [0.15, 0.2) is 12.5 Å². The minimum atomic E-state index is -1.01. The largest absolute Gasteiger partial charge is 0.481 e. The lowest BCUT2D eigenvalue weighted by Crippen LogP contribution is -2.29. The molecule has 1 unspecified atom stereocenters. The van der Waals surface area contributed by atoms with Gasteiger partial charge in [0, 0.05) is 31.3 Å². The molecular weight excluding hydrogens is 302 g/mol. The van der Waals surface area contributed by atoms with Crippen molar-refractivity contribution in [1.29, 1.82) is 0 Å². The number of imidazole rings is 1. The Hall–Kier alpha value is -2.38. The van der Waals surface area contributed by atoms with E-state index in [1.165, 1.54) is 6.33 Å². The highest BCUT2D eigenvalue weighted by Gasteiger charge is 2.21. The molecule has 1 aromatic rings. The molecule has 1 rings (SSSR count). The molecule has 1 amide bonds. The number of hydrogen-bond donors (Lipinski definition) is 3. The van der Waals surface area contributed by atoms with Crippen molar-refractivity contribution in [3.05, 3.63) is 18.2 Å². The Kier molecular flexibility index (Phi) is 8.41. The van der Waals surface area contributed by atoms with Crippen molar-refractivity contribution in [3.63, 3.8) is 0 Å². The van der Waals surface area contributed by atoms with Crippen LogP contribution in [-0.2, 0) is 25.5 Å². The van der Waals surface area contributed by atoms with Gasteiger partial charge >= 0.3 is 11.9 Å². The smallest absolute Gasteiger partial charge is 0.309 e. The minimum absolute atomic E-state index is 0.0686.